The molecule has 0 aromatic carbocycles. The maximum atomic E-state index is 10.4. The third-order valence-corrected chi connectivity index (χ3v) is 1.89. The van der Waals surface area contributed by atoms with E-state index in [4.69, 9.17) is 0 Å². The van der Waals surface area contributed by atoms with Gasteiger partial charge >= 0.3 is 0 Å². The molecule has 0 fully saturated rings. The van der Waals surface area contributed by atoms with Crippen LogP contribution in [-0.2, 0) is 4.79 Å². The normalized spacial score (nSPS) is 25.2. The first kappa shape index (κ1) is 7.26. The summed E-state index contributed by atoms with van der Waals surface area (Å²) < 4.78 is 0. The summed E-state index contributed by atoms with van der Waals surface area (Å²) in [7, 11) is 0. The van der Waals surface area contributed by atoms with E-state index >= 15 is 0 Å². The first-order valence-corrected chi connectivity index (χ1v) is 3.56. The monoisotopic (exact) mass is 136 g/mol. The number of rotatable bonds is 1. The Kier molecular flexibility index (Phi) is 2.05. The zero-order valence-electron chi connectivity index (χ0n) is 6.42. The average molecular weight is 136 g/mol. The number of carbonyl (C=O) groups excluding carboxylic acids is 1. The van der Waals surface area contributed by atoms with Crippen molar-refractivity contribution in [1.29, 1.82) is 0 Å². The van der Waals surface area contributed by atoms with Gasteiger partial charge < -0.3 is 0 Å². The van der Waals surface area contributed by atoms with Crippen LogP contribution < -0.4 is 0 Å². The zero-order chi connectivity index (χ0) is 7.56. The first-order chi connectivity index (χ1) is 4.74. The summed E-state index contributed by atoms with van der Waals surface area (Å²) in [6, 6.07) is 0. The van der Waals surface area contributed by atoms with Crippen LogP contribution in [0.5, 0.6) is 0 Å². The van der Waals surface area contributed by atoms with E-state index in [0.717, 1.165) is 18.3 Å². The molecule has 1 unspecified atom stereocenters. The minimum Gasteiger partial charge on any atom is -0.298 e. The predicted molar refractivity (Wildman–Crippen MR) is 41.7 cm³/mol. The molecule has 1 atom stereocenters. The Morgan fingerprint density at radius 3 is 2.80 bits per heavy atom. The summed E-state index contributed by atoms with van der Waals surface area (Å²) in [5.74, 6) is 0.419. The molecule has 1 aliphatic carbocycles. The van der Waals surface area contributed by atoms with E-state index in [1.54, 1.807) is 0 Å². The number of aldehydes is 1. The van der Waals surface area contributed by atoms with Crippen LogP contribution in [0.25, 0.3) is 0 Å². The maximum Gasteiger partial charge on any atom is 0.146 e. The van der Waals surface area contributed by atoms with Gasteiger partial charge in [-0.15, -0.1) is 0 Å². The summed E-state index contributed by atoms with van der Waals surface area (Å²) in [5, 5.41) is 0. The summed E-state index contributed by atoms with van der Waals surface area (Å²) in [6.45, 7) is 4.17. The highest BCUT2D eigenvalue weighted by Crippen LogP contribution is 2.22. The fourth-order valence-electron chi connectivity index (χ4n) is 1.23. The van der Waals surface area contributed by atoms with Gasteiger partial charge in [-0.3, -0.25) is 4.79 Å². The fourth-order valence-corrected chi connectivity index (χ4v) is 1.23. The summed E-state index contributed by atoms with van der Waals surface area (Å²) >= 11 is 0. The van der Waals surface area contributed by atoms with E-state index in [0.29, 0.717) is 5.92 Å². The van der Waals surface area contributed by atoms with Crippen LogP contribution in [0.4, 0.5) is 0 Å². The van der Waals surface area contributed by atoms with Crippen molar-refractivity contribution in [3.8, 4) is 0 Å². The van der Waals surface area contributed by atoms with Crippen molar-refractivity contribution in [3.63, 3.8) is 0 Å². The molecule has 0 saturated heterocycles. The average Bonchev–Trinajstić information content (AvgIpc) is 1.88. The standard InChI is InChI=1S/C9H12O/c1-7-3-4-9(6-10)8(2)5-7/h3-4,6,8H,5H2,1-2H3. The van der Waals surface area contributed by atoms with Crippen molar-refractivity contribution in [3.05, 3.63) is 23.3 Å². The molecule has 0 aliphatic heterocycles. The SMILES string of the molecule is CC1=CC=C(C=O)C(C)C1. The van der Waals surface area contributed by atoms with E-state index in [1.807, 2.05) is 12.2 Å². The van der Waals surface area contributed by atoms with Crippen molar-refractivity contribution in [2.24, 2.45) is 5.92 Å². The molecule has 1 rings (SSSR count). The number of allylic oxidation sites excluding steroid dienone is 4. The minimum absolute atomic E-state index is 0.419. The molecule has 0 heterocycles. The second kappa shape index (κ2) is 2.82. The lowest BCUT2D eigenvalue weighted by molar-refractivity contribution is -0.105. The summed E-state index contributed by atoms with van der Waals surface area (Å²) in [5.41, 5.74) is 2.28. The van der Waals surface area contributed by atoms with E-state index < -0.39 is 0 Å². The summed E-state index contributed by atoms with van der Waals surface area (Å²) in [4.78, 5) is 10.4. The molecule has 0 N–H and O–H groups in total. The van der Waals surface area contributed by atoms with Gasteiger partial charge in [0.15, 0.2) is 0 Å². The van der Waals surface area contributed by atoms with Gasteiger partial charge in [0, 0.05) is 0 Å². The van der Waals surface area contributed by atoms with Gasteiger partial charge in [0.1, 0.15) is 6.29 Å². The molecule has 1 nitrogen and oxygen atoms in total. The van der Waals surface area contributed by atoms with E-state index in [2.05, 4.69) is 13.8 Å². The lowest BCUT2D eigenvalue weighted by Gasteiger charge is -2.14. The fraction of sp³-hybridized carbons (Fsp3) is 0.444. The minimum atomic E-state index is 0.419. The van der Waals surface area contributed by atoms with Gasteiger partial charge in [-0.1, -0.05) is 24.6 Å². The Morgan fingerprint density at radius 1 is 1.60 bits per heavy atom. The molecule has 0 radical (unpaired) electrons. The third-order valence-electron chi connectivity index (χ3n) is 1.89. The Labute approximate surface area is 61.4 Å². The van der Waals surface area contributed by atoms with Crippen LogP contribution in [0.3, 0.4) is 0 Å². The largest absolute Gasteiger partial charge is 0.298 e. The first-order valence-electron chi connectivity index (χ1n) is 3.56. The van der Waals surface area contributed by atoms with Crippen molar-refractivity contribution >= 4 is 6.29 Å². The Hall–Kier alpha value is -0.850. The molecule has 0 bridgehead atoms. The topological polar surface area (TPSA) is 17.1 Å². The van der Waals surface area contributed by atoms with E-state index in [9.17, 15) is 4.79 Å². The van der Waals surface area contributed by atoms with Crippen LogP contribution in [0.1, 0.15) is 20.3 Å². The molecular formula is C9H12O. The molecule has 10 heavy (non-hydrogen) atoms. The highest BCUT2D eigenvalue weighted by molar-refractivity contribution is 5.75. The lowest BCUT2D eigenvalue weighted by Crippen LogP contribution is -2.04. The van der Waals surface area contributed by atoms with Crippen LogP contribution in [0, 0.1) is 5.92 Å². The number of carbonyl (C=O) groups is 1. The van der Waals surface area contributed by atoms with Crippen molar-refractivity contribution < 1.29 is 4.79 Å². The van der Waals surface area contributed by atoms with Gasteiger partial charge in [-0.25, -0.2) is 0 Å². The third kappa shape index (κ3) is 1.35. The lowest BCUT2D eigenvalue weighted by atomic mass is 9.90. The second-order valence-corrected chi connectivity index (χ2v) is 2.90. The molecule has 54 valence electrons. The highest BCUT2D eigenvalue weighted by atomic mass is 16.1. The van der Waals surface area contributed by atoms with Crippen molar-refractivity contribution in [1.82, 2.24) is 0 Å². The predicted octanol–water partition coefficient (Wildman–Crippen LogP) is 2.10. The Balaban J connectivity index is 2.81. The smallest absolute Gasteiger partial charge is 0.146 e. The zero-order valence-corrected chi connectivity index (χ0v) is 6.42. The van der Waals surface area contributed by atoms with Gasteiger partial charge in [0.05, 0.1) is 0 Å². The van der Waals surface area contributed by atoms with Gasteiger partial charge in [0.2, 0.25) is 0 Å². The van der Waals surface area contributed by atoms with Gasteiger partial charge in [-0.05, 0) is 24.8 Å². The Bertz CT molecular complexity index is 199. The Morgan fingerprint density at radius 2 is 2.30 bits per heavy atom. The van der Waals surface area contributed by atoms with Crippen LogP contribution in [0.15, 0.2) is 23.3 Å². The molecule has 0 aromatic heterocycles. The van der Waals surface area contributed by atoms with Crippen molar-refractivity contribution in [2.45, 2.75) is 20.3 Å². The van der Waals surface area contributed by atoms with Crippen molar-refractivity contribution in [2.75, 3.05) is 0 Å². The maximum absolute atomic E-state index is 10.4. The quantitative estimate of drug-likeness (QED) is 0.504. The molecule has 1 heteroatoms. The van der Waals surface area contributed by atoms with Gasteiger partial charge in [-0.2, -0.15) is 0 Å². The molecule has 0 aromatic rings. The molecule has 0 amide bonds. The molecule has 1 aliphatic rings. The van der Waals surface area contributed by atoms with Crippen LogP contribution in [0.2, 0.25) is 0 Å². The molecule has 0 spiro atoms. The number of hydrogen-bond acceptors (Lipinski definition) is 1. The van der Waals surface area contributed by atoms with E-state index in [-0.39, 0.29) is 0 Å². The second-order valence-electron chi connectivity index (χ2n) is 2.90. The van der Waals surface area contributed by atoms with E-state index in [1.165, 1.54) is 5.57 Å². The van der Waals surface area contributed by atoms with Gasteiger partial charge in [0.25, 0.3) is 0 Å². The highest BCUT2D eigenvalue weighted by Gasteiger charge is 2.10. The molecule has 0 saturated carbocycles. The number of hydrogen-bond donors (Lipinski definition) is 0. The van der Waals surface area contributed by atoms with Crippen LogP contribution >= 0.6 is 0 Å². The summed E-state index contributed by atoms with van der Waals surface area (Å²) in [6.07, 6.45) is 5.92. The molecular weight excluding hydrogens is 124 g/mol. The van der Waals surface area contributed by atoms with Crippen LogP contribution in [-0.4, -0.2) is 6.29 Å².